The van der Waals surface area contributed by atoms with E-state index < -0.39 is 45.7 Å². The van der Waals surface area contributed by atoms with Crippen LogP contribution in [0.15, 0.2) is 42.5 Å². The Labute approximate surface area is 222 Å². The van der Waals surface area contributed by atoms with Gasteiger partial charge in [0.05, 0.1) is 5.44 Å². The molecule has 1 fully saturated rings. The molecule has 15 heteroatoms. The van der Waals surface area contributed by atoms with Gasteiger partial charge in [0, 0.05) is 29.2 Å². The SMILES string of the molecule is BC1C(B)(B)C(=O)NC(=O)[C@@]1(B)N1Cc2cc(CN(B)C(=O)C(F)(F)c3ccc(Cl)cc3)ccc2C1=O. The number of nitrogens with zero attached hydrogens (tertiary/aromatic N) is 2. The molecule has 4 rings (SSSR count). The van der Waals surface area contributed by atoms with Gasteiger partial charge in [0.2, 0.25) is 19.8 Å². The second-order valence-corrected chi connectivity index (χ2v) is 10.9. The van der Waals surface area contributed by atoms with E-state index in [1.165, 1.54) is 25.0 Å². The molecule has 2 heterocycles. The fourth-order valence-electron chi connectivity index (χ4n) is 5.06. The third-order valence-corrected chi connectivity index (χ3v) is 8.23. The normalized spacial score (nSPS) is 22.9. The molecule has 4 amide bonds. The maximum atomic E-state index is 14.8. The summed E-state index contributed by atoms with van der Waals surface area (Å²) in [6.07, 6.45) is 0. The fourth-order valence-corrected chi connectivity index (χ4v) is 5.18. The zero-order valence-electron chi connectivity index (χ0n) is 21.2. The van der Waals surface area contributed by atoms with Gasteiger partial charge in [-0.25, -0.2) is 0 Å². The maximum absolute atomic E-state index is 14.8. The Morgan fingerprint density at radius 3 is 2.35 bits per heavy atom. The van der Waals surface area contributed by atoms with Crippen molar-refractivity contribution in [3.63, 3.8) is 0 Å². The van der Waals surface area contributed by atoms with Crippen molar-refractivity contribution in [1.82, 2.24) is 15.0 Å². The van der Waals surface area contributed by atoms with Crippen LogP contribution < -0.4 is 5.32 Å². The van der Waals surface area contributed by atoms with Crippen LogP contribution in [0.4, 0.5) is 8.78 Å². The topological polar surface area (TPSA) is 86.8 Å². The lowest BCUT2D eigenvalue weighted by atomic mass is 9.35. The van der Waals surface area contributed by atoms with Gasteiger partial charge in [0.15, 0.2) is 0 Å². The van der Waals surface area contributed by atoms with Gasteiger partial charge < -0.3 is 9.71 Å². The highest BCUT2D eigenvalue weighted by molar-refractivity contribution is 6.58. The highest BCUT2D eigenvalue weighted by Crippen LogP contribution is 2.46. The fraction of sp³-hybridized carbons (Fsp3) is 0.273. The number of benzene rings is 2. The Bertz CT molecular complexity index is 1330. The number of carbonyl (C=O) groups excluding carboxylic acids is 4. The number of fused-ring (bicyclic) bond motifs is 1. The molecule has 0 bridgehead atoms. The number of amides is 4. The van der Waals surface area contributed by atoms with Crippen molar-refractivity contribution in [3.05, 3.63) is 69.7 Å². The Morgan fingerprint density at radius 2 is 1.73 bits per heavy atom. The lowest BCUT2D eigenvalue weighted by molar-refractivity contribution is -0.154. The highest BCUT2D eigenvalue weighted by atomic mass is 35.5. The average Bonchev–Trinajstić information content (AvgIpc) is 3.17. The van der Waals surface area contributed by atoms with E-state index in [1.807, 2.05) is 0 Å². The molecule has 2 aliphatic rings. The van der Waals surface area contributed by atoms with Crippen LogP contribution in [0.25, 0.3) is 0 Å². The van der Waals surface area contributed by atoms with Gasteiger partial charge in [0.1, 0.15) is 31.4 Å². The summed E-state index contributed by atoms with van der Waals surface area (Å²) in [5, 5.41) is 1.80. The Morgan fingerprint density at radius 1 is 1.11 bits per heavy atom. The minimum absolute atomic E-state index is 0.110. The first kappa shape index (κ1) is 27.0. The number of piperidine rings is 1. The van der Waals surface area contributed by atoms with Crippen molar-refractivity contribution in [2.75, 3.05) is 0 Å². The minimum Gasteiger partial charge on any atom is -0.384 e. The van der Waals surface area contributed by atoms with E-state index >= 15 is 0 Å². The zero-order valence-corrected chi connectivity index (χ0v) is 22.0. The first-order valence-corrected chi connectivity index (χ1v) is 12.2. The van der Waals surface area contributed by atoms with Crippen molar-refractivity contribution in [3.8, 4) is 0 Å². The number of hydrogen-bond donors (Lipinski definition) is 1. The highest BCUT2D eigenvalue weighted by Gasteiger charge is 2.58. The van der Waals surface area contributed by atoms with Crippen LogP contribution in [0.1, 0.15) is 27.0 Å². The zero-order chi connectivity index (χ0) is 27.5. The molecule has 7 nitrogen and oxygen atoms in total. The van der Waals surface area contributed by atoms with Crippen molar-refractivity contribution >= 4 is 74.6 Å². The average molecular weight is 521 g/mol. The number of hydrogen-bond acceptors (Lipinski definition) is 4. The maximum Gasteiger partial charge on any atom is 0.348 e. The van der Waals surface area contributed by atoms with Crippen LogP contribution in [-0.4, -0.2) is 78.1 Å². The smallest absolute Gasteiger partial charge is 0.348 e. The molecule has 2 aromatic rings. The van der Waals surface area contributed by atoms with E-state index in [0.717, 1.165) is 16.9 Å². The van der Waals surface area contributed by atoms with Crippen molar-refractivity contribution in [2.45, 2.75) is 35.5 Å². The van der Waals surface area contributed by atoms with Gasteiger partial charge in [-0.3, -0.25) is 24.5 Å². The van der Waals surface area contributed by atoms with E-state index in [4.69, 9.17) is 11.6 Å². The summed E-state index contributed by atoms with van der Waals surface area (Å²) in [5.74, 6) is -6.88. The third-order valence-electron chi connectivity index (χ3n) is 7.97. The molecule has 37 heavy (non-hydrogen) atoms. The van der Waals surface area contributed by atoms with Crippen LogP contribution >= 0.6 is 11.6 Å². The molecule has 1 unspecified atom stereocenters. The Hall–Kier alpha value is -3.01. The van der Waals surface area contributed by atoms with Gasteiger partial charge in [0.25, 0.3) is 11.8 Å². The number of carbonyl (C=O) groups is 4. The Kier molecular flexibility index (Phi) is 6.63. The molecule has 0 saturated carbocycles. The summed E-state index contributed by atoms with van der Waals surface area (Å²) in [4.78, 5) is 53.7. The number of halogens is 3. The first-order valence-electron chi connectivity index (χ1n) is 11.8. The van der Waals surface area contributed by atoms with Crippen molar-refractivity contribution in [2.24, 2.45) is 0 Å². The van der Waals surface area contributed by atoms with Crippen molar-refractivity contribution < 1.29 is 28.0 Å². The summed E-state index contributed by atoms with van der Waals surface area (Å²) in [6, 6.07) is 9.68. The molecule has 0 spiro atoms. The molecular formula is C22H23B5ClF2N3O4. The molecular weight excluding hydrogens is 498 g/mol. The molecule has 2 aliphatic heterocycles. The molecule has 186 valence electrons. The van der Waals surface area contributed by atoms with Crippen LogP contribution in [0.3, 0.4) is 0 Å². The van der Waals surface area contributed by atoms with Crippen molar-refractivity contribution in [1.29, 1.82) is 0 Å². The molecule has 0 aliphatic carbocycles. The van der Waals surface area contributed by atoms with E-state index in [2.05, 4.69) is 5.32 Å². The van der Waals surface area contributed by atoms with Gasteiger partial charge in [-0.15, -0.1) is 0 Å². The van der Waals surface area contributed by atoms with Gasteiger partial charge >= 0.3 is 5.92 Å². The quantitative estimate of drug-likeness (QED) is 0.357. The number of rotatable bonds is 5. The van der Waals surface area contributed by atoms with Crippen LogP contribution in [0.2, 0.25) is 16.1 Å². The van der Waals surface area contributed by atoms with E-state index in [1.54, 1.807) is 49.6 Å². The molecule has 1 N–H and O–H groups in total. The second kappa shape index (κ2) is 9.08. The summed E-state index contributed by atoms with van der Waals surface area (Å²) < 4.78 is 29.6. The number of alkyl halides is 2. The lowest BCUT2D eigenvalue weighted by Crippen LogP contribution is -2.70. The van der Waals surface area contributed by atoms with Gasteiger partial charge in [-0.05, 0) is 40.4 Å². The Balaban J connectivity index is 1.55. The van der Waals surface area contributed by atoms with E-state index in [9.17, 15) is 28.0 Å². The molecule has 2 atom stereocenters. The summed E-state index contributed by atoms with van der Waals surface area (Å²) in [7, 11) is 8.17. The van der Waals surface area contributed by atoms with Crippen LogP contribution in [-0.2, 0) is 33.4 Å². The first-order chi connectivity index (χ1) is 17.1. The van der Waals surface area contributed by atoms with E-state index in [-0.39, 0.29) is 24.0 Å². The largest absolute Gasteiger partial charge is 0.384 e. The number of imide groups is 1. The standard InChI is InChI=1S/C22H23B5ClF2N3O4/c23-16-20(24,25)17(35)31-18(36)21(16,26)32-9-11-7-10(1-6-14(11)15(32)34)8-33(27)19(37)22(29,30)12-2-4-13(28)5-3-12/h1-7,16H,8-9,23-27H2,(H,31,35,36)/t16?,21-/m0/s1. The van der Waals surface area contributed by atoms with Gasteiger partial charge in [-0.1, -0.05) is 35.9 Å². The summed E-state index contributed by atoms with van der Waals surface area (Å²) in [5.41, 5.74) is -0.179. The predicted molar refractivity (Wildman–Crippen MR) is 147 cm³/mol. The monoisotopic (exact) mass is 521 g/mol. The minimum atomic E-state index is -3.74. The lowest BCUT2D eigenvalue weighted by Gasteiger charge is -2.51. The molecule has 1 saturated heterocycles. The van der Waals surface area contributed by atoms with Crippen LogP contribution in [0, 0.1) is 0 Å². The van der Waals surface area contributed by atoms with E-state index in [0.29, 0.717) is 16.7 Å². The molecule has 0 aromatic heterocycles. The van der Waals surface area contributed by atoms with Crippen LogP contribution in [0.5, 0.6) is 0 Å². The third kappa shape index (κ3) is 4.29. The predicted octanol–water partition coefficient (Wildman–Crippen LogP) is -2.25. The molecule has 0 radical (unpaired) electrons. The summed E-state index contributed by atoms with van der Waals surface area (Å²) in [6.45, 7) is -0.00168. The molecule has 2 aromatic carbocycles. The van der Waals surface area contributed by atoms with Gasteiger partial charge in [-0.2, -0.15) is 8.78 Å². The number of nitrogens with one attached hydrogen (secondary N) is 1. The summed E-state index contributed by atoms with van der Waals surface area (Å²) >= 11 is 5.77. The second-order valence-electron chi connectivity index (χ2n) is 10.5.